The van der Waals surface area contributed by atoms with Crippen LogP contribution in [0.15, 0.2) is 41.4 Å². The molecule has 4 rings (SSSR count). The molecular formula is C16H16N4S2. The molecule has 0 aromatic carbocycles. The summed E-state index contributed by atoms with van der Waals surface area (Å²) in [5, 5.41) is 5.21. The van der Waals surface area contributed by atoms with Crippen LogP contribution in [0.4, 0.5) is 0 Å². The van der Waals surface area contributed by atoms with Crippen molar-refractivity contribution in [3.63, 3.8) is 0 Å². The van der Waals surface area contributed by atoms with Crippen LogP contribution in [0.2, 0.25) is 0 Å². The van der Waals surface area contributed by atoms with E-state index in [-0.39, 0.29) is 0 Å². The quantitative estimate of drug-likeness (QED) is 0.726. The molecule has 3 aromatic heterocycles. The fraction of sp³-hybridized carbons (Fsp3) is 0.312. The molecule has 1 aliphatic heterocycles. The van der Waals surface area contributed by atoms with Gasteiger partial charge in [0.25, 0.3) is 0 Å². The third-order valence-corrected chi connectivity index (χ3v) is 5.77. The predicted octanol–water partition coefficient (Wildman–Crippen LogP) is 4.00. The molecule has 0 saturated carbocycles. The van der Waals surface area contributed by atoms with Gasteiger partial charge < -0.3 is 0 Å². The molecule has 0 amide bonds. The van der Waals surface area contributed by atoms with E-state index in [0.717, 1.165) is 29.6 Å². The Kier molecular flexibility index (Phi) is 3.97. The van der Waals surface area contributed by atoms with E-state index < -0.39 is 0 Å². The largest absolute Gasteiger partial charge is 0.290 e. The molecule has 1 fully saturated rings. The van der Waals surface area contributed by atoms with Gasteiger partial charge in [0.1, 0.15) is 0 Å². The van der Waals surface area contributed by atoms with E-state index >= 15 is 0 Å². The first kappa shape index (κ1) is 14.0. The Morgan fingerprint density at radius 3 is 2.91 bits per heavy atom. The van der Waals surface area contributed by atoms with Crippen molar-refractivity contribution in [1.29, 1.82) is 0 Å². The molecule has 1 unspecified atom stereocenters. The number of nitrogens with zero attached hydrogens (tertiary/aromatic N) is 4. The number of thiazole rings is 1. The molecule has 0 aliphatic carbocycles. The lowest BCUT2D eigenvalue weighted by atomic mass is 10.2. The average Bonchev–Trinajstić information content (AvgIpc) is 3.30. The first-order chi connectivity index (χ1) is 10.9. The molecule has 1 aliphatic rings. The standard InChI is InChI=1S/C16H16N4S2/c1-4-13(14-5-2-9-21-14)20(8-1)10-12-11-22-16(19-12)15-17-6-3-7-18-15/h2-3,5-7,9,11,13H,1,4,8,10H2. The molecule has 0 N–H and O–H groups in total. The molecule has 0 radical (unpaired) electrons. The maximum absolute atomic E-state index is 4.72. The Balaban J connectivity index is 1.51. The molecule has 0 spiro atoms. The summed E-state index contributed by atoms with van der Waals surface area (Å²) in [4.78, 5) is 17.3. The summed E-state index contributed by atoms with van der Waals surface area (Å²) < 4.78 is 0. The van der Waals surface area contributed by atoms with Gasteiger partial charge in [-0.2, -0.15) is 0 Å². The zero-order valence-corrected chi connectivity index (χ0v) is 13.7. The molecule has 1 atom stereocenters. The molecule has 1 saturated heterocycles. The van der Waals surface area contributed by atoms with Gasteiger partial charge in [-0.05, 0) is 36.9 Å². The minimum Gasteiger partial charge on any atom is -0.290 e. The van der Waals surface area contributed by atoms with Gasteiger partial charge in [0, 0.05) is 35.2 Å². The third-order valence-electron chi connectivity index (χ3n) is 3.91. The van der Waals surface area contributed by atoms with Gasteiger partial charge in [0.2, 0.25) is 0 Å². The van der Waals surface area contributed by atoms with E-state index in [1.807, 2.05) is 17.4 Å². The van der Waals surface area contributed by atoms with Crippen LogP contribution in [-0.4, -0.2) is 26.4 Å². The lowest BCUT2D eigenvalue weighted by Crippen LogP contribution is -2.22. The topological polar surface area (TPSA) is 41.9 Å². The van der Waals surface area contributed by atoms with Crippen LogP contribution in [0.3, 0.4) is 0 Å². The van der Waals surface area contributed by atoms with Crippen LogP contribution >= 0.6 is 22.7 Å². The van der Waals surface area contributed by atoms with E-state index in [0.29, 0.717) is 6.04 Å². The molecule has 4 nitrogen and oxygen atoms in total. The minimum atomic E-state index is 0.554. The van der Waals surface area contributed by atoms with Crippen LogP contribution in [0, 0.1) is 0 Å². The fourth-order valence-electron chi connectivity index (χ4n) is 2.92. The second-order valence-corrected chi connectivity index (χ2v) is 7.20. The second kappa shape index (κ2) is 6.24. The molecule has 4 heterocycles. The molecule has 0 bridgehead atoms. The van der Waals surface area contributed by atoms with Crippen molar-refractivity contribution in [2.75, 3.05) is 6.54 Å². The van der Waals surface area contributed by atoms with Crippen LogP contribution in [-0.2, 0) is 6.54 Å². The van der Waals surface area contributed by atoms with Crippen molar-refractivity contribution in [1.82, 2.24) is 19.9 Å². The summed E-state index contributed by atoms with van der Waals surface area (Å²) >= 11 is 3.48. The lowest BCUT2D eigenvalue weighted by molar-refractivity contribution is 0.249. The number of aromatic nitrogens is 3. The molecule has 112 valence electrons. The Hall–Kier alpha value is -1.63. The Labute approximate surface area is 137 Å². The summed E-state index contributed by atoms with van der Waals surface area (Å²) in [6.07, 6.45) is 6.04. The SMILES string of the molecule is c1cnc(-c2nc(CN3CCCC3c3cccs3)cs2)nc1. The number of hydrogen-bond donors (Lipinski definition) is 0. The van der Waals surface area contributed by atoms with Crippen LogP contribution in [0.5, 0.6) is 0 Å². The van der Waals surface area contributed by atoms with Crippen LogP contribution < -0.4 is 0 Å². The van der Waals surface area contributed by atoms with Crippen LogP contribution in [0.1, 0.15) is 29.5 Å². The van der Waals surface area contributed by atoms with Gasteiger partial charge in [-0.3, -0.25) is 4.90 Å². The Morgan fingerprint density at radius 2 is 2.09 bits per heavy atom. The van der Waals surface area contributed by atoms with E-state index in [1.54, 1.807) is 23.7 Å². The zero-order chi connectivity index (χ0) is 14.8. The van der Waals surface area contributed by atoms with Gasteiger partial charge in [0.15, 0.2) is 10.8 Å². The minimum absolute atomic E-state index is 0.554. The summed E-state index contributed by atoms with van der Waals surface area (Å²) in [6.45, 7) is 2.06. The molecule has 3 aromatic rings. The molecule has 22 heavy (non-hydrogen) atoms. The van der Waals surface area contributed by atoms with Crippen molar-refractivity contribution in [3.8, 4) is 10.8 Å². The lowest BCUT2D eigenvalue weighted by Gasteiger charge is -2.22. The van der Waals surface area contributed by atoms with Crippen molar-refractivity contribution in [3.05, 3.63) is 51.9 Å². The first-order valence-corrected chi connectivity index (χ1v) is 9.15. The number of likely N-dealkylation sites (tertiary alicyclic amines) is 1. The summed E-state index contributed by atoms with van der Waals surface area (Å²) in [7, 11) is 0. The number of hydrogen-bond acceptors (Lipinski definition) is 6. The van der Waals surface area contributed by atoms with E-state index in [1.165, 1.54) is 17.7 Å². The maximum Gasteiger partial charge on any atom is 0.188 e. The van der Waals surface area contributed by atoms with Crippen LogP contribution in [0.25, 0.3) is 10.8 Å². The third kappa shape index (κ3) is 2.82. The monoisotopic (exact) mass is 328 g/mol. The highest BCUT2D eigenvalue weighted by Crippen LogP contribution is 2.35. The highest BCUT2D eigenvalue weighted by atomic mass is 32.1. The van der Waals surface area contributed by atoms with Crippen molar-refractivity contribution >= 4 is 22.7 Å². The van der Waals surface area contributed by atoms with Gasteiger partial charge >= 0.3 is 0 Å². The van der Waals surface area contributed by atoms with Gasteiger partial charge in [-0.1, -0.05) is 6.07 Å². The Morgan fingerprint density at radius 1 is 1.18 bits per heavy atom. The van der Waals surface area contributed by atoms with Gasteiger partial charge in [-0.15, -0.1) is 22.7 Å². The number of thiophene rings is 1. The maximum atomic E-state index is 4.72. The van der Waals surface area contributed by atoms with Crippen molar-refractivity contribution in [2.45, 2.75) is 25.4 Å². The van der Waals surface area contributed by atoms with Crippen molar-refractivity contribution in [2.24, 2.45) is 0 Å². The number of rotatable bonds is 4. The normalized spacial score (nSPS) is 18.8. The average molecular weight is 328 g/mol. The smallest absolute Gasteiger partial charge is 0.188 e. The van der Waals surface area contributed by atoms with E-state index in [2.05, 4.69) is 37.8 Å². The first-order valence-electron chi connectivity index (χ1n) is 7.39. The zero-order valence-electron chi connectivity index (χ0n) is 12.1. The fourth-order valence-corrected chi connectivity index (χ4v) is 4.57. The van der Waals surface area contributed by atoms with Crippen molar-refractivity contribution < 1.29 is 0 Å². The summed E-state index contributed by atoms with van der Waals surface area (Å²) in [6, 6.07) is 6.77. The summed E-state index contributed by atoms with van der Waals surface area (Å²) in [5.74, 6) is 0.718. The van der Waals surface area contributed by atoms with E-state index in [9.17, 15) is 0 Å². The highest BCUT2D eigenvalue weighted by Gasteiger charge is 2.27. The van der Waals surface area contributed by atoms with Gasteiger partial charge in [-0.25, -0.2) is 15.0 Å². The molecular weight excluding hydrogens is 312 g/mol. The second-order valence-electron chi connectivity index (χ2n) is 5.36. The predicted molar refractivity (Wildman–Crippen MR) is 89.8 cm³/mol. The van der Waals surface area contributed by atoms with Gasteiger partial charge in [0.05, 0.1) is 5.69 Å². The summed E-state index contributed by atoms with van der Waals surface area (Å²) in [5.41, 5.74) is 1.12. The highest BCUT2D eigenvalue weighted by molar-refractivity contribution is 7.13. The Bertz CT molecular complexity index is 724. The molecule has 6 heteroatoms. The van der Waals surface area contributed by atoms with E-state index in [4.69, 9.17) is 4.98 Å².